The van der Waals surface area contributed by atoms with Crippen molar-refractivity contribution < 1.29 is 72.5 Å². The first kappa shape index (κ1) is 80.2. The van der Waals surface area contributed by atoms with Gasteiger partial charge in [0, 0.05) is 62.8 Å². The van der Waals surface area contributed by atoms with Crippen molar-refractivity contribution in [1.29, 1.82) is 0 Å². The minimum atomic E-state index is -1.72. The second kappa shape index (κ2) is 35.8. The van der Waals surface area contributed by atoms with E-state index in [1.54, 1.807) is 60.6 Å². The maximum Gasteiger partial charge on any atom is 0.409 e. The first-order valence-corrected chi connectivity index (χ1v) is 32.0. The molecular weight excluding hydrogens is 1180 g/mol. The normalized spacial score (nSPS) is 28.0. The summed E-state index contributed by atoms with van der Waals surface area (Å²) < 4.78 is 5.71. The number of ether oxygens (including phenoxy) is 1. The number of hydrogen-bond donors (Lipinski definition) is 6. The molecule has 0 aromatic heterocycles. The Hall–Kier alpha value is -6.90. The molecule has 518 valence electrons. The van der Waals surface area contributed by atoms with Gasteiger partial charge >= 0.3 is 6.09 Å². The van der Waals surface area contributed by atoms with Gasteiger partial charge in [-0.25, -0.2) is 4.79 Å². The molecule has 14 atom stereocenters. The molecule has 2 aliphatic heterocycles. The molecular formula is C64H112N12O15. The van der Waals surface area contributed by atoms with Gasteiger partial charge in [0.15, 0.2) is 0 Å². The van der Waals surface area contributed by atoms with Crippen molar-refractivity contribution in [2.75, 3.05) is 69.5 Å². The van der Waals surface area contributed by atoms with Crippen LogP contribution in [0.25, 0.3) is 0 Å². The summed E-state index contributed by atoms with van der Waals surface area (Å²) in [6.45, 7) is 24.2. The van der Waals surface area contributed by atoms with E-state index in [9.17, 15) is 43.8 Å². The minimum absolute atomic E-state index is 0.0904. The predicted molar refractivity (Wildman–Crippen MR) is 343 cm³/mol. The van der Waals surface area contributed by atoms with Crippen LogP contribution in [0.3, 0.4) is 0 Å². The van der Waals surface area contributed by atoms with E-state index in [1.165, 1.54) is 84.9 Å². The molecule has 6 N–H and O–H groups in total. The average Bonchev–Trinajstić information content (AvgIpc) is 1.80. The highest BCUT2D eigenvalue weighted by molar-refractivity contribution is 6.00. The molecule has 27 heteroatoms. The van der Waals surface area contributed by atoms with Crippen LogP contribution in [0.15, 0.2) is 12.2 Å². The first-order chi connectivity index (χ1) is 42.1. The number of aliphatic hydroxyl groups is 2. The lowest BCUT2D eigenvalue weighted by Gasteiger charge is -2.41. The number of hydrogen-bond acceptors (Lipinski definition) is 15. The van der Waals surface area contributed by atoms with Crippen molar-refractivity contribution in [3.63, 3.8) is 0 Å². The molecule has 2 rings (SSSR count). The molecule has 1 unspecified atom stereocenters. The van der Waals surface area contributed by atoms with Gasteiger partial charge in [0.1, 0.15) is 72.6 Å². The molecule has 27 nitrogen and oxygen atoms in total. The standard InChI is InChI=1S/C64H112N12O15/c1-24-26-27-39(13)52(78)51-56(82)67-43(25-2)58(84)76-32-42(91-64(90)69(16)17)31-47(76)61(87)73(21)48(33-77)55(81)68-49(37(9)10)62(88)70(18)44(28-34(3)4)54(80)65-40(14)53(79)66-41(15)57(83)71(19)45(29-35(5)6)59(85)72(20)46(30-36(7)8)60(86)74(22)50(38(11)12)63(89)75(51)23/h24,26,34-52,77-78H,25,27-33H2,1-23H3,(H,65,80)(H,66,79)(H,67,82)(H,68,81)/b26-24+/t39-,40+,41-,42?,43+,44+,45+,46+,47-,48+,49+,50+,51+,52-/m1/s1. The Morgan fingerprint density at radius 3 is 1.49 bits per heavy atom. The zero-order valence-corrected chi connectivity index (χ0v) is 58.6. The third-order valence-electron chi connectivity index (χ3n) is 17.2. The number of rotatable bonds is 15. The van der Waals surface area contributed by atoms with Gasteiger partial charge in [-0.15, -0.1) is 0 Å². The van der Waals surface area contributed by atoms with Gasteiger partial charge in [-0.05, 0) is 88.4 Å². The number of carbonyl (C=O) groups is 12. The van der Waals surface area contributed by atoms with E-state index in [1.807, 2.05) is 41.5 Å². The Morgan fingerprint density at radius 2 is 1.02 bits per heavy atom. The highest BCUT2D eigenvalue weighted by Gasteiger charge is 2.49. The summed E-state index contributed by atoms with van der Waals surface area (Å²) in [5, 5.41) is 33.8. The van der Waals surface area contributed by atoms with Gasteiger partial charge < -0.3 is 75.4 Å². The molecule has 0 aromatic carbocycles. The van der Waals surface area contributed by atoms with Crippen LogP contribution >= 0.6 is 0 Å². The van der Waals surface area contributed by atoms with Crippen LogP contribution in [0.5, 0.6) is 0 Å². The lowest BCUT2D eigenvalue weighted by Crippen LogP contribution is -2.64. The highest BCUT2D eigenvalue weighted by Crippen LogP contribution is 2.28. The van der Waals surface area contributed by atoms with Crippen LogP contribution in [0.2, 0.25) is 0 Å². The Balaban J connectivity index is 3.08. The zero-order chi connectivity index (χ0) is 70.1. The highest BCUT2D eigenvalue weighted by atomic mass is 16.6. The Bertz CT molecular complexity index is 2580. The third kappa shape index (κ3) is 21.1. The summed E-state index contributed by atoms with van der Waals surface area (Å²) >= 11 is 0. The van der Waals surface area contributed by atoms with Gasteiger partial charge in [0.2, 0.25) is 65.0 Å². The molecule has 2 fully saturated rings. The predicted octanol–water partition coefficient (Wildman–Crippen LogP) is 1.42. The largest absolute Gasteiger partial charge is 0.444 e. The number of nitrogens with zero attached hydrogens (tertiary/aromatic N) is 8. The van der Waals surface area contributed by atoms with E-state index in [4.69, 9.17) is 4.74 Å². The number of allylic oxidation sites excluding steroid dienone is 2. The molecule has 0 bridgehead atoms. The van der Waals surface area contributed by atoms with Crippen molar-refractivity contribution in [3.05, 3.63) is 12.2 Å². The van der Waals surface area contributed by atoms with E-state index in [2.05, 4.69) is 21.3 Å². The van der Waals surface area contributed by atoms with E-state index >= 15 is 24.0 Å². The fraction of sp³-hybridized carbons (Fsp3) is 0.781. The number of likely N-dealkylation sites (N-methyl/N-ethyl adjacent to an activating group) is 6. The van der Waals surface area contributed by atoms with Crippen molar-refractivity contribution in [2.24, 2.45) is 35.5 Å². The summed E-state index contributed by atoms with van der Waals surface area (Å²) in [6, 6.07) is -15.2. The summed E-state index contributed by atoms with van der Waals surface area (Å²) in [4.78, 5) is 184. The number of nitrogens with one attached hydrogen (secondary N) is 4. The molecule has 91 heavy (non-hydrogen) atoms. The van der Waals surface area contributed by atoms with E-state index in [0.717, 1.165) is 24.5 Å². The number of aliphatic hydroxyl groups excluding tert-OH is 2. The Kier molecular flexibility index (Phi) is 31.5. The summed E-state index contributed by atoms with van der Waals surface area (Å²) in [6.07, 6.45) is 0.201. The molecule has 0 spiro atoms. The maximum absolute atomic E-state index is 15.3. The Morgan fingerprint density at radius 1 is 0.560 bits per heavy atom. The van der Waals surface area contributed by atoms with Crippen LogP contribution in [0.1, 0.15) is 142 Å². The monoisotopic (exact) mass is 1290 g/mol. The first-order valence-electron chi connectivity index (χ1n) is 32.0. The molecule has 0 aromatic rings. The van der Waals surface area contributed by atoms with Gasteiger partial charge in [-0.2, -0.15) is 0 Å². The summed E-state index contributed by atoms with van der Waals surface area (Å²) in [5.41, 5.74) is 0. The topological polar surface area (TPSA) is 329 Å². The lowest BCUT2D eigenvalue weighted by molar-refractivity contribution is -0.157. The molecule has 0 radical (unpaired) electrons. The van der Waals surface area contributed by atoms with Crippen LogP contribution in [-0.4, -0.2) is 269 Å². The second-order valence-electron chi connectivity index (χ2n) is 27.0. The van der Waals surface area contributed by atoms with Crippen LogP contribution < -0.4 is 21.3 Å². The smallest absolute Gasteiger partial charge is 0.409 e. The molecule has 2 saturated heterocycles. The quantitative estimate of drug-likeness (QED) is 0.126. The SMILES string of the molecule is C/C=C/C[C@@H](C)[C@@H](O)[C@H]1C(=O)N[C@@H](CC)C(=O)N2CC(OC(=O)N(C)C)C[C@@H]2C(=O)N(C)[C@@H](CO)C(=O)N[C@@H](C(C)C)C(=O)N(C)[C@@H](CC(C)C)C(=O)N[C@@H](C)C(=O)N[C@H](C)C(=O)N(C)[C@@H](CC(C)C)C(=O)N(C)[C@@H](CC(C)C)C(=O)N(C)[C@@H](C(C)C)C(=O)N1C. The second-order valence-corrected chi connectivity index (χ2v) is 27.0. The summed E-state index contributed by atoms with van der Waals surface area (Å²) in [7, 11) is 11.0. The van der Waals surface area contributed by atoms with Crippen molar-refractivity contribution in [2.45, 2.75) is 221 Å². The summed E-state index contributed by atoms with van der Waals surface area (Å²) in [5.74, 6) is -11.2. The fourth-order valence-electron chi connectivity index (χ4n) is 11.5. The van der Waals surface area contributed by atoms with E-state index < -0.39 is 174 Å². The van der Waals surface area contributed by atoms with Gasteiger partial charge in [0.25, 0.3) is 0 Å². The third-order valence-corrected chi connectivity index (χ3v) is 17.2. The van der Waals surface area contributed by atoms with Gasteiger partial charge in [0.05, 0.1) is 19.3 Å². The Labute approximate surface area is 540 Å². The van der Waals surface area contributed by atoms with Crippen LogP contribution in [0, 0.1) is 35.5 Å². The van der Waals surface area contributed by atoms with Crippen molar-refractivity contribution >= 4 is 71.1 Å². The van der Waals surface area contributed by atoms with Crippen LogP contribution in [0.4, 0.5) is 4.79 Å². The number of carbonyl (C=O) groups excluding carboxylic acids is 12. The maximum atomic E-state index is 15.3. The molecule has 0 saturated carbocycles. The van der Waals surface area contributed by atoms with E-state index in [-0.39, 0.29) is 62.8 Å². The molecule has 0 aliphatic carbocycles. The van der Waals surface area contributed by atoms with Crippen LogP contribution in [-0.2, 0) is 57.5 Å². The average molecular weight is 1290 g/mol. The van der Waals surface area contributed by atoms with Crippen molar-refractivity contribution in [3.8, 4) is 0 Å². The minimum Gasteiger partial charge on any atom is -0.444 e. The number of amides is 12. The van der Waals surface area contributed by atoms with Gasteiger partial charge in [-0.3, -0.25) is 52.7 Å². The molecule has 2 heterocycles. The molecule has 12 amide bonds. The number of fused-ring (bicyclic) bond motifs is 1. The van der Waals surface area contributed by atoms with E-state index in [0.29, 0.717) is 0 Å². The van der Waals surface area contributed by atoms with Crippen molar-refractivity contribution in [1.82, 2.24) is 60.5 Å². The molecule has 2 aliphatic rings. The lowest BCUT2D eigenvalue weighted by atomic mass is 9.91. The zero-order valence-electron chi connectivity index (χ0n) is 58.6. The van der Waals surface area contributed by atoms with Gasteiger partial charge in [-0.1, -0.05) is 95.2 Å². The fourth-order valence-corrected chi connectivity index (χ4v) is 11.5.